The first-order valence-corrected chi connectivity index (χ1v) is 12.7. The fraction of sp³-hybridized carbons (Fsp3) is 0.636. The highest BCUT2D eigenvalue weighted by molar-refractivity contribution is 7.99. The normalized spacial score (nSPS) is 10.6. The Hall–Kier alpha value is -1.14. The maximum atomic E-state index is 12.1. The van der Waals surface area contributed by atoms with E-state index in [9.17, 15) is 9.59 Å². The third-order valence-electron chi connectivity index (χ3n) is 4.14. The van der Waals surface area contributed by atoms with Crippen molar-refractivity contribution in [2.24, 2.45) is 0 Å². The van der Waals surface area contributed by atoms with E-state index in [4.69, 9.17) is 9.47 Å². The molecule has 0 radical (unpaired) electrons. The smallest absolute Gasteiger partial charge is 0.338 e. The van der Waals surface area contributed by atoms with Gasteiger partial charge in [0.1, 0.15) is 0 Å². The summed E-state index contributed by atoms with van der Waals surface area (Å²) in [7, 11) is 0. The van der Waals surface area contributed by atoms with Crippen LogP contribution in [0.2, 0.25) is 0 Å². The van der Waals surface area contributed by atoms with E-state index in [1.54, 1.807) is 24.3 Å². The van der Waals surface area contributed by atoms with Gasteiger partial charge in [0.15, 0.2) is 0 Å². The van der Waals surface area contributed by atoms with Crippen molar-refractivity contribution in [3.05, 3.63) is 35.4 Å². The summed E-state index contributed by atoms with van der Waals surface area (Å²) >= 11 is 3.85. The minimum atomic E-state index is -0.352. The predicted octanol–water partition coefficient (Wildman–Crippen LogP) is 5.85. The molecule has 0 N–H and O–H groups in total. The van der Waals surface area contributed by atoms with E-state index >= 15 is 0 Å². The minimum absolute atomic E-state index is 0.343. The van der Waals surface area contributed by atoms with Crippen LogP contribution in [0.5, 0.6) is 0 Å². The molecule has 0 saturated heterocycles. The van der Waals surface area contributed by atoms with Crippen LogP contribution in [0.25, 0.3) is 0 Å². The molecule has 28 heavy (non-hydrogen) atoms. The molecule has 6 heteroatoms. The van der Waals surface area contributed by atoms with Crippen molar-refractivity contribution in [1.29, 1.82) is 0 Å². The highest BCUT2D eigenvalue weighted by Gasteiger charge is 2.10. The lowest BCUT2D eigenvalue weighted by molar-refractivity contribution is 0.0488. The Balaban J connectivity index is 2.11. The molecule has 0 spiro atoms. The Labute approximate surface area is 178 Å². The summed E-state index contributed by atoms with van der Waals surface area (Å²) in [5.41, 5.74) is 0.917. The largest absolute Gasteiger partial charge is 0.462 e. The third-order valence-corrected chi connectivity index (χ3v) is 5.99. The zero-order chi connectivity index (χ0) is 20.5. The highest BCUT2D eigenvalue weighted by atomic mass is 32.2. The lowest BCUT2D eigenvalue weighted by Crippen LogP contribution is -2.09. The molecule has 0 saturated carbocycles. The molecule has 1 aromatic carbocycles. The van der Waals surface area contributed by atoms with Crippen molar-refractivity contribution in [3.8, 4) is 0 Å². The molecule has 0 fully saturated rings. The number of hydrogen-bond donors (Lipinski definition) is 0. The highest BCUT2D eigenvalue weighted by Crippen LogP contribution is 2.11. The van der Waals surface area contributed by atoms with E-state index in [0.29, 0.717) is 24.3 Å². The molecule has 1 aromatic rings. The van der Waals surface area contributed by atoms with Crippen LogP contribution in [-0.2, 0) is 9.47 Å². The van der Waals surface area contributed by atoms with Gasteiger partial charge in [-0.2, -0.15) is 23.5 Å². The van der Waals surface area contributed by atoms with Gasteiger partial charge in [0, 0.05) is 0 Å². The standard InChI is InChI=1S/C22H34O4S2/c1-3-4-14-25-21(23)19-10-12-20(13-11-19)22(24)26-15-9-18-28-17-8-6-5-7-16-27-2/h10-13H,3-9,14-18H2,1-2H3. The lowest BCUT2D eigenvalue weighted by Gasteiger charge is -2.07. The van der Waals surface area contributed by atoms with E-state index in [2.05, 4.69) is 6.26 Å². The molecule has 0 atom stereocenters. The van der Waals surface area contributed by atoms with Crippen LogP contribution in [0.15, 0.2) is 24.3 Å². The number of esters is 2. The third kappa shape index (κ3) is 11.6. The summed E-state index contributed by atoms with van der Waals surface area (Å²) in [4.78, 5) is 23.9. The van der Waals surface area contributed by atoms with Gasteiger partial charge in [-0.15, -0.1) is 0 Å². The number of thioether (sulfide) groups is 2. The molecule has 0 unspecified atom stereocenters. The maximum Gasteiger partial charge on any atom is 0.338 e. The summed E-state index contributed by atoms with van der Waals surface area (Å²) in [6.07, 6.45) is 10.1. The Bertz CT molecular complexity index is 546. The summed E-state index contributed by atoms with van der Waals surface area (Å²) in [6, 6.07) is 6.45. The van der Waals surface area contributed by atoms with Crippen molar-refractivity contribution in [2.45, 2.75) is 51.9 Å². The fourth-order valence-corrected chi connectivity index (χ4v) is 3.88. The molecular formula is C22H34O4S2. The molecule has 0 aliphatic rings. The second-order valence-corrected chi connectivity index (χ2v) is 8.79. The average Bonchev–Trinajstić information content (AvgIpc) is 2.72. The molecule has 0 aliphatic carbocycles. The van der Waals surface area contributed by atoms with Gasteiger partial charge in [-0.3, -0.25) is 0 Å². The van der Waals surface area contributed by atoms with Crippen LogP contribution >= 0.6 is 23.5 Å². The molecule has 0 amide bonds. The van der Waals surface area contributed by atoms with Crippen LogP contribution in [0.1, 0.15) is 72.6 Å². The van der Waals surface area contributed by atoms with E-state index < -0.39 is 0 Å². The second kappa shape index (κ2) is 16.8. The molecule has 0 aliphatic heterocycles. The summed E-state index contributed by atoms with van der Waals surface area (Å²) in [5.74, 6) is 2.77. The first-order valence-electron chi connectivity index (χ1n) is 10.2. The second-order valence-electron chi connectivity index (χ2n) is 6.58. The van der Waals surface area contributed by atoms with Crippen LogP contribution in [0, 0.1) is 0 Å². The Morgan fingerprint density at radius 1 is 0.750 bits per heavy atom. The average molecular weight is 427 g/mol. The first kappa shape index (κ1) is 24.9. The van der Waals surface area contributed by atoms with E-state index in [1.807, 2.05) is 30.4 Å². The monoisotopic (exact) mass is 426 g/mol. The molecule has 158 valence electrons. The zero-order valence-corrected chi connectivity index (χ0v) is 18.9. The van der Waals surface area contributed by atoms with Crippen LogP contribution in [-0.4, -0.2) is 48.7 Å². The molecule has 0 bridgehead atoms. The van der Waals surface area contributed by atoms with E-state index in [1.165, 1.54) is 37.2 Å². The van der Waals surface area contributed by atoms with E-state index in [-0.39, 0.29) is 11.9 Å². The molecule has 1 rings (SSSR count). The number of benzene rings is 1. The quantitative estimate of drug-likeness (QED) is 0.244. The predicted molar refractivity (Wildman–Crippen MR) is 121 cm³/mol. The number of carbonyl (C=O) groups excluding carboxylic acids is 2. The van der Waals surface area contributed by atoms with Crippen molar-refractivity contribution < 1.29 is 19.1 Å². The number of ether oxygens (including phenoxy) is 2. The molecule has 4 nitrogen and oxygen atoms in total. The minimum Gasteiger partial charge on any atom is -0.462 e. The van der Waals surface area contributed by atoms with Gasteiger partial charge in [0.05, 0.1) is 24.3 Å². The van der Waals surface area contributed by atoms with Crippen molar-refractivity contribution in [2.75, 3.05) is 36.7 Å². The maximum absolute atomic E-state index is 12.1. The SMILES string of the molecule is CCCCOC(=O)c1ccc(C(=O)OCCCSCCCCCCSC)cc1. The Morgan fingerprint density at radius 2 is 1.25 bits per heavy atom. The number of carbonyl (C=O) groups is 2. The first-order chi connectivity index (χ1) is 13.7. The topological polar surface area (TPSA) is 52.6 Å². The molecule has 0 aromatic heterocycles. The van der Waals surface area contributed by atoms with Gasteiger partial charge in [0.25, 0.3) is 0 Å². The number of rotatable bonds is 16. The van der Waals surface area contributed by atoms with Gasteiger partial charge in [-0.05, 0) is 73.5 Å². The fourth-order valence-electron chi connectivity index (χ4n) is 2.45. The lowest BCUT2D eigenvalue weighted by atomic mass is 10.1. The van der Waals surface area contributed by atoms with Crippen LogP contribution < -0.4 is 0 Å². The van der Waals surface area contributed by atoms with Crippen molar-refractivity contribution in [1.82, 2.24) is 0 Å². The number of unbranched alkanes of at least 4 members (excludes halogenated alkanes) is 4. The van der Waals surface area contributed by atoms with Crippen LogP contribution in [0.4, 0.5) is 0 Å². The van der Waals surface area contributed by atoms with E-state index in [0.717, 1.165) is 25.0 Å². The molecule has 0 heterocycles. The van der Waals surface area contributed by atoms with Gasteiger partial charge >= 0.3 is 11.9 Å². The van der Waals surface area contributed by atoms with Crippen molar-refractivity contribution >= 4 is 35.5 Å². The van der Waals surface area contributed by atoms with Gasteiger partial charge in [-0.1, -0.05) is 26.2 Å². The van der Waals surface area contributed by atoms with Gasteiger partial charge in [0.2, 0.25) is 0 Å². The van der Waals surface area contributed by atoms with Crippen LogP contribution in [0.3, 0.4) is 0 Å². The number of hydrogen-bond acceptors (Lipinski definition) is 6. The Kier molecular flexibility index (Phi) is 14.9. The van der Waals surface area contributed by atoms with Gasteiger partial charge < -0.3 is 9.47 Å². The summed E-state index contributed by atoms with van der Waals surface area (Å²) in [5, 5.41) is 0. The summed E-state index contributed by atoms with van der Waals surface area (Å²) < 4.78 is 10.5. The Morgan fingerprint density at radius 3 is 1.79 bits per heavy atom. The zero-order valence-electron chi connectivity index (χ0n) is 17.2. The molecular weight excluding hydrogens is 392 g/mol. The van der Waals surface area contributed by atoms with Gasteiger partial charge in [-0.25, -0.2) is 9.59 Å². The van der Waals surface area contributed by atoms with Crippen molar-refractivity contribution in [3.63, 3.8) is 0 Å². The summed E-state index contributed by atoms with van der Waals surface area (Å²) in [6.45, 7) is 2.90.